The lowest BCUT2D eigenvalue weighted by Gasteiger charge is -2.07. The minimum atomic E-state index is -0.475. The van der Waals surface area contributed by atoms with Gasteiger partial charge in [-0.1, -0.05) is 13.8 Å². The number of nitrogens with two attached hydrogens (primary N) is 1. The summed E-state index contributed by atoms with van der Waals surface area (Å²) in [6, 6.07) is 8.11. The van der Waals surface area contributed by atoms with Crippen LogP contribution in [0.3, 0.4) is 0 Å². The normalized spacial score (nSPS) is 10.2. The number of nitrogen functional groups attached to an aromatic ring is 1. The van der Waals surface area contributed by atoms with E-state index in [1.54, 1.807) is 41.4 Å². The number of anilines is 1. The van der Waals surface area contributed by atoms with Gasteiger partial charge in [0, 0.05) is 24.0 Å². The van der Waals surface area contributed by atoms with Crippen LogP contribution in [0.4, 0.5) is 10.1 Å². The average molecular weight is 336 g/mol. The molecule has 0 unspecified atom stereocenters. The average Bonchev–Trinajstić information content (AvgIpc) is 2.96. The molecule has 0 fully saturated rings. The van der Waals surface area contributed by atoms with Crippen molar-refractivity contribution in [1.29, 1.82) is 0 Å². The molecule has 3 rings (SSSR count). The van der Waals surface area contributed by atoms with Crippen molar-refractivity contribution in [2.45, 2.75) is 18.1 Å². The Morgan fingerprint density at radius 1 is 1.18 bits per heavy atom. The Balaban J connectivity index is 0.000000847. The van der Waals surface area contributed by atoms with Crippen molar-refractivity contribution in [2.24, 2.45) is 0 Å². The molecule has 0 aliphatic heterocycles. The van der Waals surface area contributed by atoms with E-state index in [1.807, 2.05) is 26.2 Å². The Hall–Kier alpha value is -1.79. The van der Waals surface area contributed by atoms with Crippen molar-refractivity contribution in [3.05, 3.63) is 42.3 Å². The number of rotatable bonds is 3. The van der Waals surface area contributed by atoms with E-state index in [0.717, 1.165) is 14.4 Å². The van der Waals surface area contributed by atoms with Crippen LogP contribution in [0.1, 0.15) is 13.8 Å². The zero-order valence-electron chi connectivity index (χ0n) is 12.6. The third kappa shape index (κ3) is 3.51. The number of aromatic nitrogens is 1. The highest BCUT2D eigenvalue weighted by atomic mass is 32.2. The summed E-state index contributed by atoms with van der Waals surface area (Å²) in [6.07, 6.45) is 3.66. The van der Waals surface area contributed by atoms with E-state index < -0.39 is 5.82 Å². The Bertz CT molecular complexity index is 774. The fourth-order valence-electron chi connectivity index (χ4n) is 1.79. The third-order valence-electron chi connectivity index (χ3n) is 2.73. The Morgan fingerprint density at radius 2 is 1.95 bits per heavy atom. The Labute approximate surface area is 137 Å². The Morgan fingerprint density at radius 3 is 2.64 bits per heavy atom. The molecule has 0 amide bonds. The highest BCUT2D eigenvalue weighted by molar-refractivity contribution is 8.00. The molecular weight excluding hydrogens is 319 g/mol. The van der Waals surface area contributed by atoms with Gasteiger partial charge in [-0.2, -0.15) is 0 Å². The lowest BCUT2D eigenvalue weighted by molar-refractivity contribution is 0.447. The van der Waals surface area contributed by atoms with Gasteiger partial charge < -0.3 is 10.5 Å². The van der Waals surface area contributed by atoms with Gasteiger partial charge in [-0.05, 0) is 24.5 Å². The lowest BCUT2D eigenvalue weighted by atomic mass is 10.3. The molecule has 22 heavy (non-hydrogen) atoms. The standard InChI is InChI=1S/C14H11FN2OS2.C2H6/c1-19-13-7-10-14(20-13)12(4-5-17-10)18-11-3-2-8(16)6-9(11)15;1-2/h2-7H,16H2,1H3;1-2H3. The van der Waals surface area contributed by atoms with Crippen LogP contribution in [0.2, 0.25) is 0 Å². The third-order valence-corrected chi connectivity index (χ3v) is 4.93. The number of fused-ring (bicyclic) bond motifs is 1. The molecule has 6 heteroatoms. The van der Waals surface area contributed by atoms with E-state index in [1.165, 1.54) is 12.1 Å². The number of thioether (sulfide) groups is 1. The number of halogens is 1. The SMILES string of the molecule is CC.CSc1cc2nccc(Oc3ccc(N)cc3F)c2s1. The molecule has 1 aromatic carbocycles. The molecule has 3 nitrogen and oxygen atoms in total. The van der Waals surface area contributed by atoms with Gasteiger partial charge in [0.25, 0.3) is 0 Å². The van der Waals surface area contributed by atoms with Crippen molar-refractivity contribution in [2.75, 3.05) is 12.0 Å². The summed E-state index contributed by atoms with van der Waals surface area (Å²) in [7, 11) is 0. The van der Waals surface area contributed by atoms with E-state index in [9.17, 15) is 4.39 Å². The van der Waals surface area contributed by atoms with E-state index in [0.29, 0.717) is 11.4 Å². The largest absolute Gasteiger partial charge is 0.453 e. The van der Waals surface area contributed by atoms with Crippen molar-refractivity contribution >= 4 is 39.0 Å². The molecule has 2 aromatic heterocycles. The molecular formula is C16H17FN2OS2. The summed E-state index contributed by atoms with van der Waals surface area (Å²) in [6.45, 7) is 4.00. The zero-order valence-corrected chi connectivity index (χ0v) is 14.2. The molecule has 0 saturated carbocycles. The fraction of sp³-hybridized carbons (Fsp3) is 0.188. The second kappa shape index (κ2) is 7.47. The van der Waals surface area contributed by atoms with Crippen molar-refractivity contribution in [3.63, 3.8) is 0 Å². The number of hydrogen-bond donors (Lipinski definition) is 1. The Kier molecular flexibility index (Phi) is 5.63. The van der Waals surface area contributed by atoms with Crippen LogP contribution in [0.15, 0.2) is 40.7 Å². The first kappa shape index (κ1) is 16.6. The molecule has 0 aliphatic carbocycles. The number of ether oxygens (including phenoxy) is 1. The van der Waals surface area contributed by atoms with Crippen LogP contribution in [-0.4, -0.2) is 11.2 Å². The van der Waals surface area contributed by atoms with Gasteiger partial charge >= 0.3 is 0 Å². The quantitative estimate of drug-likeness (QED) is 0.502. The molecule has 3 aromatic rings. The van der Waals surface area contributed by atoms with Crippen molar-refractivity contribution in [1.82, 2.24) is 4.98 Å². The van der Waals surface area contributed by atoms with Crippen molar-refractivity contribution in [3.8, 4) is 11.5 Å². The second-order valence-corrected chi connectivity index (χ2v) is 6.24. The molecule has 0 spiro atoms. The minimum absolute atomic E-state index is 0.158. The summed E-state index contributed by atoms with van der Waals surface area (Å²) in [5.41, 5.74) is 6.75. The van der Waals surface area contributed by atoms with Gasteiger partial charge in [-0.15, -0.1) is 23.1 Å². The smallest absolute Gasteiger partial charge is 0.167 e. The highest BCUT2D eigenvalue weighted by Crippen LogP contribution is 2.38. The number of pyridine rings is 1. The van der Waals surface area contributed by atoms with Gasteiger partial charge in [0.15, 0.2) is 11.6 Å². The van der Waals surface area contributed by atoms with Crippen LogP contribution in [-0.2, 0) is 0 Å². The summed E-state index contributed by atoms with van der Waals surface area (Å²) >= 11 is 3.23. The fourth-order valence-corrected chi connectivity index (χ4v) is 3.40. The minimum Gasteiger partial charge on any atom is -0.453 e. The highest BCUT2D eigenvalue weighted by Gasteiger charge is 2.11. The maximum Gasteiger partial charge on any atom is 0.167 e. The molecule has 2 heterocycles. The summed E-state index contributed by atoms with van der Waals surface area (Å²) in [5.74, 6) is 0.284. The predicted octanol–water partition coefficient (Wildman–Crippen LogP) is 5.56. The number of nitrogens with zero attached hydrogens (tertiary/aromatic N) is 1. The van der Waals surface area contributed by atoms with E-state index >= 15 is 0 Å². The maximum absolute atomic E-state index is 13.8. The van der Waals surface area contributed by atoms with Gasteiger partial charge in [0.2, 0.25) is 0 Å². The molecule has 0 aliphatic rings. The topological polar surface area (TPSA) is 48.1 Å². The maximum atomic E-state index is 13.8. The van der Waals surface area contributed by atoms with Crippen LogP contribution in [0.25, 0.3) is 10.2 Å². The van der Waals surface area contributed by atoms with Gasteiger partial charge in [-0.25, -0.2) is 4.39 Å². The van der Waals surface area contributed by atoms with E-state index in [4.69, 9.17) is 10.5 Å². The first-order valence-electron chi connectivity index (χ1n) is 6.83. The summed E-state index contributed by atoms with van der Waals surface area (Å²) in [4.78, 5) is 4.29. The summed E-state index contributed by atoms with van der Waals surface area (Å²) < 4.78 is 21.5. The van der Waals surface area contributed by atoms with Gasteiger partial charge in [-0.3, -0.25) is 4.98 Å². The van der Waals surface area contributed by atoms with Crippen LogP contribution in [0, 0.1) is 5.82 Å². The van der Waals surface area contributed by atoms with E-state index in [-0.39, 0.29) is 5.75 Å². The first-order chi connectivity index (χ1) is 10.7. The summed E-state index contributed by atoms with van der Waals surface area (Å²) in [5, 5.41) is 0. The molecule has 0 bridgehead atoms. The number of benzene rings is 1. The molecule has 2 N–H and O–H groups in total. The second-order valence-electron chi connectivity index (χ2n) is 4.08. The van der Waals surface area contributed by atoms with E-state index in [2.05, 4.69) is 4.98 Å². The zero-order chi connectivity index (χ0) is 16.1. The monoisotopic (exact) mass is 336 g/mol. The first-order valence-corrected chi connectivity index (χ1v) is 8.87. The predicted molar refractivity (Wildman–Crippen MR) is 93.6 cm³/mol. The number of thiophene rings is 1. The van der Waals surface area contributed by atoms with Crippen LogP contribution < -0.4 is 10.5 Å². The van der Waals surface area contributed by atoms with Gasteiger partial charge in [0.05, 0.1) is 14.4 Å². The number of hydrogen-bond acceptors (Lipinski definition) is 5. The lowest BCUT2D eigenvalue weighted by Crippen LogP contribution is -1.91. The molecule has 0 radical (unpaired) electrons. The van der Waals surface area contributed by atoms with Crippen LogP contribution >= 0.6 is 23.1 Å². The molecule has 116 valence electrons. The van der Waals surface area contributed by atoms with Crippen molar-refractivity contribution < 1.29 is 9.13 Å². The molecule has 0 saturated heterocycles. The van der Waals surface area contributed by atoms with Crippen LogP contribution in [0.5, 0.6) is 11.5 Å². The molecule has 0 atom stereocenters. The van der Waals surface area contributed by atoms with Gasteiger partial charge in [0.1, 0.15) is 5.75 Å².